The Balaban J connectivity index is 0. The van der Waals surface area contributed by atoms with Crippen LogP contribution >= 0.6 is 0 Å². The molecule has 0 saturated carbocycles. The van der Waals surface area contributed by atoms with Gasteiger partial charge in [0.1, 0.15) is 0 Å². The molecule has 0 spiro atoms. The smallest absolute Gasteiger partial charge is 0.0412 e. The Kier molecular flexibility index (Phi) is 12.0. The molecule has 0 heteroatoms. The third-order valence-corrected chi connectivity index (χ3v) is 2.19. The van der Waals surface area contributed by atoms with Crippen molar-refractivity contribution >= 4 is 0 Å². The van der Waals surface area contributed by atoms with Crippen LogP contribution in [0.2, 0.25) is 0 Å². The van der Waals surface area contributed by atoms with Crippen LogP contribution < -0.4 is 0 Å². The van der Waals surface area contributed by atoms with Gasteiger partial charge in [-0.2, -0.15) is 0 Å². The second-order valence-electron chi connectivity index (χ2n) is 4.53. The lowest BCUT2D eigenvalue weighted by Crippen LogP contribution is -2.06. The molecule has 0 aromatic rings. The molecule has 0 aliphatic carbocycles. The van der Waals surface area contributed by atoms with Gasteiger partial charge in [0.05, 0.1) is 0 Å². The van der Waals surface area contributed by atoms with Crippen LogP contribution in [0.1, 0.15) is 67.7 Å². The zero-order valence-electron chi connectivity index (χ0n) is 10.9. The van der Waals surface area contributed by atoms with Crippen LogP contribution in [0.4, 0.5) is 0 Å². The van der Waals surface area contributed by atoms with Gasteiger partial charge in [0.25, 0.3) is 0 Å². The summed E-state index contributed by atoms with van der Waals surface area (Å²) < 4.78 is 0. The molecule has 0 radical (unpaired) electrons. The maximum atomic E-state index is 2.32. The molecule has 0 fully saturated rings. The Morgan fingerprint density at radius 1 is 0.769 bits per heavy atom. The number of hydrogen-bond donors (Lipinski definition) is 0. The molecule has 0 N–H and O–H groups in total. The van der Waals surface area contributed by atoms with E-state index in [-0.39, 0.29) is 0 Å². The van der Waals surface area contributed by atoms with Crippen molar-refractivity contribution < 1.29 is 0 Å². The molecule has 0 aliphatic heterocycles. The SMILES string of the molecule is CC.CCC(CC(C)C)CC(C)C. The zero-order chi connectivity index (χ0) is 10.9. The predicted molar refractivity (Wildman–Crippen MR) is 64.0 cm³/mol. The molecule has 0 aromatic heterocycles. The molecular formula is C13H30. The minimum absolute atomic E-state index is 0.874. The lowest BCUT2D eigenvalue weighted by molar-refractivity contribution is 0.335. The third kappa shape index (κ3) is 12.0. The first-order chi connectivity index (χ1) is 6.06. The van der Waals surface area contributed by atoms with Gasteiger partial charge in [-0.05, 0) is 30.6 Å². The van der Waals surface area contributed by atoms with E-state index in [1.165, 1.54) is 19.3 Å². The molecule has 0 heterocycles. The molecule has 82 valence electrons. The van der Waals surface area contributed by atoms with Crippen molar-refractivity contribution in [1.82, 2.24) is 0 Å². The van der Waals surface area contributed by atoms with Crippen molar-refractivity contribution in [2.24, 2.45) is 17.8 Å². The van der Waals surface area contributed by atoms with Crippen molar-refractivity contribution in [3.8, 4) is 0 Å². The molecule has 0 atom stereocenters. The van der Waals surface area contributed by atoms with E-state index >= 15 is 0 Å². The van der Waals surface area contributed by atoms with Gasteiger partial charge >= 0.3 is 0 Å². The number of hydrogen-bond acceptors (Lipinski definition) is 0. The van der Waals surface area contributed by atoms with Crippen LogP contribution in [0.15, 0.2) is 0 Å². The summed E-state index contributed by atoms with van der Waals surface area (Å²) in [6.45, 7) is 15.6. The first kappa shape index (κ1) is 15.5. The quantitative estimate of drug-likeness (QED) is 0.558. The molecular weight excluding hydrogens is 156 g/mol. The average Bonchev–Trinajstić information content (AvgIpc) is 2.05. The Bertz CT molecular complexity index is 72.0. The summed E-state index contributed by atoms with van der Waals surface area (Å²) in [5, 5.41) is 0. The molecule has 0 rings (SSSR count). The first-order valence-electron chi connectivity index (χ1n) is 6.06. The van der Waals surface area contributed by atoms with Gasteiger partial charge in [-0.1, -0.05) is 54.9 Å². The average molecular weight is 186 g/mol. The van der Waals surface area contributed by atoms with E-state index in [1.54, 1.807) is 0 Å². The topological polar surface area (TPSA) is 0 Å². The zero-order valence-corrected chi connectivity index (χ0v) is 10.9. The van der Waals surface area contributed by atoms with Crippen molar-refractivity contribution in [3.05, 3.63) is 0 Å². The van der Waals surface area contributed by atoms with E-state index in [9.17, 15) is 0 Å². The van der Waals surface area contributed by atoms with Crippen molar-refractivity contribution in [3.63, 3.8) is 0 Å². The normalized spacial score (nSPS) is 10.6. The van der Waals surface area contributed by atoms with E-state index in [0.717, 1.165) is 17.8 Å². The standard InChI is InChI=1S/C11H24.C2H6/c1-6-11(7-9(2)3)8-10(4)5;1-2/h9-11H,6-8H2,1-5H3;1-2H3. The van der Waals surface area contributed by atoms with Crippen LogP contribution in [0.25, 0.3) is 0 Å². The van der Waals surface area contributed by atoms with Crippen molar-refractivity contribution in [2.45, 2.75) is 67.7 Å². The van der Waals surface area contributed by atoms with Gasteiger partial charge in [-0.25, -0.2) is 0 Å². The predicted octanol–water partition coefficient (Wildman–Crippen LogP) is 5.13. The maximum Gasteiger partial charge on any atom is -0.0412 e. The minimum Gasteiger partial charge on any atom is -0.0683 e. The molecule has 0 aromatic carbocycles. The van der Waals surface area contributed by atoms with E-state index in [2.05, 4.69) is 34.6 Å². The largest absolute Gasteiger partial charge is 0.0683 e. The molecule has 13 heavy (non-hydrogen) atoms. The Morgan fingerprint density at radius 3 is 1.23 bits per heavy atom. The van der Waals surface area contributed by atoms with E-state index in [4.69, 9.17) is 0 Å². The fourth-order valence-corrected chi connectivity index (χ4v) is 1.76. The lowest BCUT2D eigenvalue weighted by Gasteiger charge is -2.18. The van der Waals surface area contributed by atoms with Crippen LogP contribution in [0.3, 0.4) is 0 Å². The van der Waals surface area contributed by atoms with Gasteiger partial charge in [-0.3, -0.25) is 0 Å². The van der Waals surface area contributed by atoms with Crippen LogP contribution in [-0.4, -0.2) is 0 Å². The summed E-state index contributed by atoms with van der Waals surface area (Å²) >= 11 is 0. The highest BCUT2D eigenvalue weighted by Gasteiger charge is 2.09. The van der Waals surface area contributed by atoms with Gasteiger partial charge < -0.3 is 0 Å². The summed E-state index contributed by atoms with van der Waals surface area (Å²) in [5.74, 6) is 2.72. The van der Waals surface area contributed by atoms with Gasteiger partial charge in [0.2, 0.25) is 0 Å². The monoisotopic (exact) mass is 186 g/mol. The van der Waals surface area contributed by atoms with Crippen LogP contribution in [0.5, 0.6) is 0 Å². The fourth-order valence-electron chi connectivity index (χ4n) is 1.76. The van der Waals surface area contributed by atoms with Gasteiger partial charge in [0, 0.05) is 0 Å². The Hall–Kier alpha value is 0. The van der Waals surface area contributed by atoms with Gasteiger partial charge in [-0.15, -0.1) is 0 Å². The summed E-state index contributed by atoms with van der Waals surface area (Å²) in [5.41, 5.74) is 0. The Morgan fingerprint density at radius 2 is 1.08 bits per heavy atom. The fraction of sp³-hybridized carbons (Fsp3) is 1.00. The van der Waals surface area contributed by atoms with Crippen molar-refractivity contribution in [1.29, 1.82) is 0 Å². The molecule has 0 unspecified atom stereocenters. The summed E-state index contributed by atoms with van der Waals surface area (Å²) in [6, 6.07) is 0. The van der Waals surface area contributed by atoms with Crippen LogP contribution in [0, 0.1) is 17.8 Å². The van der Waals surface area contributed by atoms with E-state index in [1.807, 2.05) is 13.8 Å². The van der Waals surface area contributed by atoms with Crippen molar-refractivity contribution in [2.75, 3.05) is 0 Å². The molecule has 0 aliphatic rings. The molecule has 0 bridgehead atoms. The van der Waals surface area contributed by atoms with E-state index in [0.29, 0.717) is 0 Å². The second kappa shape index (κ2) is 10.1. The third-order valence-electron chi connectivity index (χ3n) is 2.19. The maximum absolute atomic E-state index is 2.32. The van der Waals surface area contributed by atoms with Crippen LogP contribution in [-0.2, 0) is 0 Å². The summed E-state index contributed by atoms with van der Waals surface area (Å²) in [7, 11) is 0. The minimum atomic E-state index is 0.874. The summed E-state index contributed by atoms with van der Waals surface area (Å²) in [4.78, 5) is 0. The Labute approximate surface area is 86.1 Å². The highest BCUT2D eigenvalue weighted by molar-refractivity contribution is 4.61. The molecule has 0 amide bonds. The summed E-state index contributed by atoms with van der Waals surface area (Å²) in [6.07, 6.45) is 4.18. The highest BCUT2D eigenvalue weighted by atomic mass is 14.2. The first-order valence-corrected chi connectivity index (χ1v) is 6.06. The van der Waals surface area contributed by atoms with Gasteiger partial charge in [0.15, 0.2) is 0 Å². The lowest BCUT2D eigenvalue weighted by atomic mass is 9.88. The van der Waals surface area contributed by atoms with E-state index < -0.39 is 0 Å². The molecule has 0 saturated heterocycles. The number of rotatable bonds is 5. The molecule has 0 nitrogen and oxygen atoms in total. The second-order valence-corrected chi connectivity index (χ2v) is 4.53. The highest BCUT2D eigenvalue weighted by Crippen LogP contribution is 2.22.